The average Bonchev–Trinajstić information content (AvgIpc) is 3.55. The van der Waals surface area contributed by atoms with Crippen molar-refractivity contribution in [3.05, 3.63) is 155 Å². The van der Waals surface area contributed by atoms with Gasteiger partial charge in [0.05, 0.1) is 22.1 Å². The molecule has 0 radical (unpaired) electrons. The van der Waals surface area contributed by atoms with Gasteiger partial charge in [0.2, 0.25) is 0 Å². The molecular formula is C54H55N3O. The Hall–Kier alpha value is -6.00. The monoisotopic (exact) mass is 761 g/mol. The highest BCUT2D eigenvalue weighted by atomic mass is 16.3. The second kappa shape index (κ2) is 14.1. The molecular weight excluding hydrogens is 707 g/mol. The van der Waals surface area contributed by atoms with Crippen molar-refractivity contribution in [3.63, 3.8) is 0 Å². The van der Waals surface area contributed by atoms with Crippen LogP contribution in [0.1, 0.15) is 90.1 Å². The van der Waals surface area contributed by atoms with Gasteiger partial charge in [-0.2, -0.15) is 0 Å². The number of aromatic hydroxyl groups is 1. The molecule has 8 rings (SSSR count). The van der Waals surface area contributed by atoms with E-state index in [-0.39, 0.29) is 22.0 Å². The summed E-state index contributed by atoms with van der Waals surface area (Å²) in [6, 6.07) is 43.7. The van der Waals surface area contributed by atoms with Gasteiger partial charge < -0.3 is 5.11 Å². The lowest BCUT2D eigenvalue weighted by atomic mass is 9.86. The quantitative estimate of drug-likeness (QED) is 0.190. The zero-order valence-electron chi connectivity index (χ0n) is 35.9. The van der Waals surface area contributed by atoms with Crippen molar-refractivity contribution >= 4 is 21.9 Å². The minimum Gasteiger partial charge on any atom is -0.507 e. The third-order valence-corrected chi connectivity index (χ3v) is 11.6. The number of benzene rings is 6. The van der Waals surface area contributed by atoms with Crippen LogP contribution in [0.25, 0.3) is 72.4 Å². The predicted octanol–water partition coefficient (Wildman–Crippen LogP) is 14.5. The van der Waals surface area contributed by atoms with E-state index in [1.54, 1.807) is 0 Å². The molecule has 0 atom stereocenters. The Kier molecular flexibility index (Phi) is 9.46. The molecule has 8 aromatic rings. The maximum atomic E-state index is 11.7. The van der Waals surface area contributed by atoms with E-state index < -0.39 is 0 Å². The standard InChI is InChI=1S/C54H55N3O/c1-33-27-37(44-14-12-13-43-34(2)25-26-55-49(43)44)29-38(28-33)45-30-36(35-15-17-39(18-16-35)52(3,4)5)31-47-50(45)56-51(46-32-41(54(9,10)11)21-24-48(46)58)57(47)42-22-19-40(20-23-42)53(6,7)8/h12-32,58H,1-11H3. The van der Waals surface area contributed by atoms with Gasteiger partial charge >= 0.3 is 0 Å². The van der Waals surface area contributed by atoms with Crippen molar-refractivity contribution in [2.24, 2.45) is 0 Å². The van der Waals surface area contributed by atoms with Gasteiger partial charge in [-0.1, -0.05) is 135 Å². The summed E-state index contributed by atoms with van der Waals surface area (Å²) in [5.41, 5.74) is 17.0. The Balaban J connectivity index is 1.46. The van der Waals surface area contributed by atoms with Crippen molar-refractivity contribution in [2.45, 2.75) is 92.4 Å². The number of imidazole rings is 1. The Bertz CT molecular complexity index is 2840. The van der Waals surface area contributed by atoms with Gasteiger partial charge in [0.15, 0.2) is 0 Å². The second-order valence-corrected chi connectivity index (χ2v) is 19.2. The van der Waals surface area contributed by atoms with Crippen molar-refractivity contribution in [1.29, 1.82) is 0 Å². The van der Waals surface area contributed by atoms with Gasteiger partial charge in [0, 0.05) is 28.4 Å². The highest BCUT2D eigenvalue weighted by Gasteiger charge is 2.25. The molecule has 0 unspecified atom stereocenters. The first-order chi connectivity index (χ1) is 27.4. The molecule has 292 valence electrons. The van der Waals surface area contributed by atoms with E-state index in [1.807, 2.05) is 18.3 Å². The van der Waals surface area contributed by atoms with Crippen LogP contribution >= 0.6 is 0 Å². The number of phenols is 1. The summed E-state index contributed by atoms with van der Waals surface area (Å²) in [7, 11) is 0. The van der Waals surface area contributed by atoms with Crippen LogP contribution in [0.5, 0.6) is 5.75 Å². The molecule has 4 nitrogen and oxygen atoms in total. The van der Waals surface area contributed by atoms with Crippen LogP contribution in [0.15, 0.2) is 128 Å². The lowest BCUT2D eigenvalue weighted by molar-refractivity contribution is 0.475. The van der Waals surface area contributed by atoms with E-state index >= 15 is 0 Å². The van der Waals surface area contributed by atoms with Gasteiger partial charge in [0.25, 0.3) is 0 Å². The molecule has 58 heavy (non-hydrogen) atoms. The zero-order chi connectivity index (χ0) is 41.3. The molecule has 0 aliphatic heterocycles. The summed E-state index contributed by atoms with van der Waals surface area (Å²) in [5.74, 6) is 0.900. The zero-order valence-corrected chi connectivity index (χ0v) is 35.9. The molecule has 2 aromatic heterocycles. The lowest BCUT2D eigenvalue weighted by Gasteiger charge is -2.21. The number of fused-ring (bicyclic) bond motifs is 2. The number of pyridine rings is 1. The molecule has 0 aliphatic rings. The van der Waals surface area contributed by atoms with E-state index in [2.05, 4.69) is 190 Å². The van der Waals surface area contributed by atoms with Crippen LogP contribution in [-0.2, 0) is 16.2 Å². The average molecular weight is 762 g/mol. The van der Waals surface area contributed by atoms with Gasteiger partial charge in [-0.3, -0.25) is 9.55 Å². The summed E-state index contributed by atoms with van der Waals surface area (Å²) < 4.78 is 2.24. The van der Waals surface area contributed by atoms with Gasteiger partial charge in [-0.25, -0.2) is 4.98 Å². The minimum atomic E-state index is -0.127. The molecule has 0 amide bonds. The lowest BCUT2D eigenvalue weighted by Crippen LogP contribution is -2.11. The number of hydrogen-bond donors (Lipinski definition) is 1. The number of aromatic nitrogens is 3. The van der Waals surface area contributed by atoms with Crippen molar-refractivity contribution in [3.8, 4) is 56.2 Å². The molecule has 1 N–H and O–H groups in total. The molecule has 0 saturated heterocycles. The van der Waals surface area contributed by atoms with Gasteiger partial charge in [-0.05, 0) is 129 Å². The van der Waals surface area contributed by atoms with Crippen LogP contribution in [0, 0.1) is 13.8 Å². The molecule has 6 aromatic carbocycles. The number of nitrogens with zero attached hydrogens (tertiary/aromatic N) is 3. The van der Waals surface area contributed by atoms with E-state index in [4.69, 9.17) is 9.97 Å². The third kappa shape index (κ3) is 7.21. The van der Waals surface area contributed by atoms with Gasteiger partial charge in [-0.15, -0.1) is 0 Å². The summed E-state index contributed by atoms with van der Waals surface area (Å²) in [6.07, 6.45) is 1.90. The molecule has 0 spiro atoms. The fourth-order valence-corrected chi connectivity index (χ4v) is 8.10. The van der Waals surface area contributed by atoms with Crippen molar-refractivity contribution < 1.29 is 5.11 Å². The van der Waals surface area contributed by atoms with Crippen molar-refractivity contribution in [2.75, 3.05) is 0 Å². The topological polar surface area (TPSA) is 50.9 Å². The highest BCUT2D eigenvalue weighted by Crippen LogP contribution is 2.43. The summed E-state index contributed by atoms with van der Waals surface area (Å²) in [6.45, 7) is 24.4. The summed E-state index contributed by atoms with van der Waals surface area (Å²) in [5, 5.41) is 12.8. The Morgan fingerprint density at radius 2 is 1.10 bits per heavy atom. The first-order valence-corrected chi connectivity index (χ1v) is 20.5. The van der Waals surface area contributed by atoms with Crippen LogP contribution in [0.4, 0.5) is 0 Å². The third-order valence-electron chi connectivity index (χ3n) is 11.6. The normalized spacial score (nSPS) is 12.5. The number of aryl methyl sites for hydroxylation is 2. The fraction of sp³-hybridized carbons (Fsp3) is 0.259. The largest absolute Gasteiger partial charge is 0.507 e. The Morgan fingerprint density at radius 3 is 1.74 bits per heavy atom. The minimum absolute atomic E-state index is 0.00158. The van der Waals surface area contributed by atoms with Gasteiger partial charge in [0.1, 0.15) is 11.6 Å². The predicted molar refractivity (Wildman–Crippen MR) is 245 cm³/mol. The van der Waals surface area contributed by atoms with E-state index in [9.17, 15) is 5.11 Å². The van der Waals surface area contributed by atoms with E-state index in [0.29, 0.717) is 11.4 Å². The number of rotatable bonds is 5. The smallest absolute Gasteiger partial charge is 0.149 e. The fourth-order valence-electron chi connectivity index (χ4n) is 8.10. The molecule has 0 bridgehead atoms. The molecule has 0 aliphatic carbocycles. The molecule has 0 saturated carbocycles. The number of phenolic OH excluding ortho intramolecular Hbond substituents is 1. The van der Waals surface area contributed by atoms with E-state index in [0.717, 1.165) is 72.1 Å². The summed E-state index contributed by atoms with van der Waals surface area (Å²) >= 11 is 0. The van der Waals surface area contributed by atoms with Crippen molar-refractivity contribution in [1.82, 2.24) is 14.5 Å². The molecule has 0 fully saturated rings. The SMILES string of the molecule is Cc1cc(-c2cccc3c(C)ccnc23)cc(-c2cc(-c3ccc(C(C)(C)C)cc3)cc3c2nc(-c2cc(C(C)(C)C)ccc2O)n3-c2ccc(C(C)(C)C)cc2)c1. The second-order valence-electron chi connectivity index (χ2n) is 19.2. The molecule has 2 heterocycles. The number of hydrogen-bond acceptors (Lipinski definition) is 3. The Labute approximate surface area is 344 Å². The van der Waals surface area contributed by atoms with Crippen LogP contribution < -0.4 is 0 Å². The van der Waals surface area contributed by atoms with E-state index in [1.165, 1.54) is 16.7 Å². The highest BCUT2D eigenvalue weighted by molar-refractivity contribution is 6.01. The van der Waals surface area contributed by atoms with Crippen LogP contribution in [0.3, 0.4) is 0 Å². The summed E-state index contributed by atoms with van der Waals surface area (Å²) in [4.78, 5) is 10.4. The maximum absolute atomic E-state index is 11.7. The maximum Gasteiger partial charge on any atom is 0.149 e. The first kappa shape index (κ1) is 38.9. The molecule has 4 heteroatoms. The number of para-hydroxylation sites is 1. The Morgan fingerprint density at radius 1 is 0.500 bits per heavy atom. The van der Waals surface area contributed by atoms with Crippen LogP contribution in [0.2, 0.25) is 0 Å². The first-order valence-electron chi connectivity index (χ1n) is 20.5. The van der Waals surface area contributed by atoms with Crippen LogP contribution in [-0.4, -0.2) is 19.6 Å².